The summed E-state index contributed by atoms with van der Waals surface area (Å²) in [5, 5.41) is 0.703. The van der Waals surface area contributed by atoms with E-state index < -0.39 is 0 Å². The van der Waals surface area contributed by atoms with Gasteiger partial charge in [-0.1, -0.05) is 24.6 Å². The minimum absolute atomic E-state index is 0.703. The molecule has 2 heteroatoms. The number of halogens is 1. The highest BCUT2D eigenvalue weighted by Crippen LogP contribution is 2.30. The summed E-state index contributed by atoms with van der Waals surface area (Å²) in [5.74, 6) is 0.810. The van der Waals surface area contributed by atoms with Crippen LogP contribution in [0.3, 0.4) is 0 Å². The average molecular weight is 185 g/mol. The molecule has 0 N–H and O–H groups in total. The SMILES string of the molecule is CCc1cc(C)cc(Cl)c1OC. The van der Waals surface area contributed by atoms with Gasteiger partial charge >= 0.3 is 0 Å². The van der Waals surface area contributed by atoms with Crippen LogP contribution in [0, 0.1) is 6.92 Å². The van der Waals surface area contributed by atoms with Crippen LogP contribution >= 0.6 is 11.6 Å². The summed E-state index contributed by atoms with van der Waals surface area (Å²) in [7, 11) is 1.65. The number of benzene rings is 1. The quantitative estimate of drug-likeness (QED) is 0.686. The van der Waals surface area contributed by atoms with Crippen molar-refractivity contribution in [2.24, 2.45) is 0 Å². The van der Waals surface area contributed by atoms with Crippen LogP contribution < -0.4 is 4.74 Å². The normalized spacial score (nSPS) is 10.0. The Kier molecular flexibility index (Phi) is 2.99. The smallest absolute Gasteiger partial charge is 0.140 e. The summed E-state index contributed by atoms with van der Waals surface area (Å²) in [6.45, 7) is 4.12. The second kappa shape index (κ2) is 3.81. The van der Waals surface area contributed by atoms with E-state index in [4.69, 9.17) is 16.3 Å². The second-order valence-corrected chi connectivity index (χ2v) is 3.20. The van der Waals surface area contributed by atoms with Crippen molar-refractivity contribution in [1.82, 2.24) is 0 Å². The molecule has 1 nitrogen and oxygen atoms in total. The van der Waals surface area contributed by atoms with Gasteiger partial charge < -0.3 is 4.74 Å². The van der Waals surface area contributed by atoms with E-state index in [0.717, 1.165) is 12.2 Å². The molecule has 1 aromatic rings. The molecule has 0 atom stereocenters. The van der Waals surface area contributed by atoms with Crippen LogP contribution in [-0.2, 0) is 6.42 Å². The average Bonchev–Trinajstić information content (AvgIpc) is 2.03. The van der Waals surface area contributed by atoms with Crippen molar-refractivity contribution >= 4 is 11.6 Å². The molecule has 0 saturated heterocycles. The maximum atomic E-state index is 5.99. The first-order chi connectivity index (χ1) is 5.69. The third-order valence-electron chi connectivity index (χ3n) is 1.85. The molecular weight excluding hydrogens is 172 g/mol. The zero-order chi connectivity index (χ0) is 9.14. The molecule has 0 heterocycles. The van der Waals surface area contributed by atoms with Crippen LogP contribution in [0.2, 0.25) is 5.02 Å². The fourth-order valence-corrected chi connectivity index (χ4v) is 1.66. The van der Waals surface area contributed by atoms with Gasteiger partial charge in [0.25, 0.3) is 0 Å². The maximum Gasteiger partial charge on any atom is 0.140 e. The number of ether oxygens (including phenoxy) is 1. The summed E-state index contributed by atoms with van der Waals surface area (Å²) in [4.78, 5) is 0. The Morgan fingerprint density at radius 3 is 2.58 bits per heavy atom. The van der Waals surface area contributed by atoms with Crippen LogP contribution in [0.5, 0.6) is 5.75 Å². The Morgan fingerprint density at radius 1 is 1.42 bits per heavy atom. The van der Waals surface area contributed by atoms with E-state index in [1.165, 1.54) is 11.1 Å². The molecule has 66 valence electrons. The minimum Gasteiger partial charge on any atom is -0.495 e. The monoisotopic (exact) mass is 184 g/mol. The van der Waals surface area contributed by atoms with Crippen molar-refractivity contribution in [3.63, 3.8) is 0 Å². The predicted molar refractivity (Wildman–Crippen MR) is 52.1 cm³/mol. The molecule has 12 heavy (non-hydrogen) atoms. The fourth-order valence-electron chi connectivity index (χ4n) is 1.29. The van der Waals surface area contributed by atoms with E-state index in [2.05, 4.69) is 13.0 Å². The lowest BCUT2D eigenvalue weighted by Crippen LogP contribution is -1.92. The summed E-state index contributed by atoms with van der Waals surface area (Å²) >= 11 is 5.99. The Labute approximate surface area is 78.3 Å². The first-order valence-electron chi connectivity index (χ1n) is 4.02. The maximum absolute atomic E-state index is 5.99. The highest BCUT2D eigenvalue weighted by Gasteiger charge is 2.06. The molecule has 1 aromatic carbocycles. The number of hydrogen-bond acceptors (Lipinski definition) is 1. The van der Waals surface area contributed by atoms with Gasteiger partial charge in [-0.25, -0.2) is 0 Å². The number of rotatable bonds is 2. The molecule has 0 aliphatic rings. The van der Waals surface area contributed by atoms with Gasteiger partial charge in [0.1, 0.15) is 5.75 Å². The van der Waals surface area contributed by atoms with Gasteiger partial charge in [-0.15, -0.1) is 0 Å². The topological polar surface area (TPSA) is 9.23 Å². The molecule has 0 aliphatic carbocycles. The molecule has 0 saturated carbocycles. The molecule has 0 fully saturated rings. The lowest BCUT2D eigenvalue weighted by Gasteiger charge is -2.09. The summed E-state index contributed by atoms with van der Waals surface area (Å²) in [6.07, 6.45) is 0.949. The highest BCUT2D eigenvalue weighted by molar-refractivity contribution is 6.32. The predicted octanol–water partition coefficient (Wildman–Crippen LogP) is 3.22. The number of methoxy groups -OCH3 is 1. The third-order valence-corrected chi connectivity index (χ3v) is 2.13. The van der Waals surface area contributed by atoms with Crippen LogP contribution in [0.4, 0.5) is 0 Å². The third kappa shape index (κ3) is 1.72. The molecule has 0 radical (unpaired) electrons. The molecule has 0 spiro atoms. The molecule has 1 rings (SSSR count). The lowest BCUT2D eigenvalue weighted by molar-refractivity contribution is 0.410. The van der Waals surface area contributed by atoms with Gasteiger partial charge in [0, 0.05) is 0 Å². The van der Waals surface area contributed by atoms with Crippen molar-refractivity contribution in [3.8, 4) is 5.75 Å². The van der Waals surface area contributed by atoms with E-state index >= 15 is 0 Å². The largest absolute Gasteiger partial charge is 0.495 e. The van der Waals surface area contributed by atoms with Gasteiger partial charge in [-0.2, -0.15) is 0 Å². The van der Waals surface area contributed by atoms with Crippen LogP contribution in [-0.4, -0.2) is 7.11 Å². The minimum atomic E-state index is 0.703. The Bertz CT molecular complexity index is 281. The first kappa shape index (κ1) is 9.40. The molecular formula is C10H13ClO. The number of hydrogen-bond donors (Lipinski definition) is 0. The Balaban J connectivity index is 3.24. The lowest BCUT2D eigenvalue weighted by atomic mass is 10.1. The van der Waals surface area contributed by atoms with Crippen LogP contribution in [0.1, 0.15) is 18.1 Å². The summed E-state index contributed by atoms with van der Waals surface area (Å²) < 4.78 is 5.19. The highest BCUT2D eigenvalue weighted by atomic mass is 35.5. The fraction of sp³-hybridized carbons (Fsp3) is 0.400. The van der Waals surface area contributed by atoms with Crippen molar-refractivity contribution in [1.29, 1.82) is 0 Å². The standard InChI is InChI=1S/C10H13ClO/c1-4-8-5-7(2)6-9(11)10(8)12-3/h5-6H,4H2,1-3H3. The Hall–Kier alpha value is -0.690. The van der Waals surface area contributed by atoms with E-state index in [1.54, 1.807) is 7.11 Å². The molecule has 0 bridgehead atoms. The molecule has 0 amide bonds. The van der Waals surface area contributed by atoms with Gasteiger partial charge in [-0.05, 0) is 30.5 Å². The van der Waals surface area contributed by atoms with Crippen molar-refractivity contribution in [2.45, 2.75) is 20.3 Å². The van der Waals surface area contributed by atoms with Gasteiger partial charge in [0.2, 0.25) is 0 Å². The van der Waals surface area contributed by atoms with Crippen molar-refractivity contribution in [2.75, 3.05) is 7.11 Å². The van der Waals surface area contributed by atoms with E-state index in [1.807, 2.05) is 13.0 Å². The van der Waals surface area contributed by atoms with Crippen LogP contribution in [0.25, 0.3) is 0 Å². The zero-order valence-electron chi connectivity index (χ0n) is 7.65. The van der Waals surface area contributed by atoms with Crippen LogP contribution in [0.15, 0.2) is 12.1 Å². The first-order valence-corrected chi connectivity index (χ1v) is 4.39. The number of aryl methyl sites for hydroxylation is 2. The molecule has 0 aromatic heterocycles. The van der Waals surface area contributed by atoms with E-state index in [9.17, 15) is 0 Å². The van der Waals surface area contributed by atoms with Gasteiger partial charge in [-0.3, -0.25) is 0 Å². The summed E-state index contributed by atoms with van der Waals surface area (Å²) in [5.41, 5.74) is 2.35. The van der Waals surface area contributed by atoms with Crippen molar-refractivity contribution < 1.29 is 4.74 Å². The second-order valence-electron chi connectivity index (χ2n) is 2.79. The van der Waals surface area contributed by atoms with Crippen molar-refractivity contribution in [3.05, 3.63) is 28.3 Å². The molecule has 0 unspecified atom stereocenters. The van der Waals surface area contributed by atoms with E-state index in [0.29, 0.717) is 5.02 Å². The molecule has 0 aliphatic heterocycles. The van der Waals surface area contributed by atoms with Gasteiger partial charge in [0.05, 0.1) is 12.1 Å². The zero-order valence-corrected chi connectivity index (χ0v) is 8.40. The van der Waals surface area contributed by atoms with Gasteiger partial charge in [0.15, 0.2) is 0 Å². The van der Waals surface area contributed by atoms with E-state index in [-0.39, 0.29) is 0 Å². The summed E-state index contributed by atoms with van der Waals surface area (Å²) in [6, 6.07) is 4.02. The Morgan fingerprint density at radius 2 is 2.08 bits per heavy atom.